The van der Waals surface area contributed by atoms with Gasteiger partial charge in [-0.3, -0.25) is 5.73 Å². The maximum absolute atomic E-state index is 12.5. The normalized spacial score (nSPS) is 18.1. The summed E-state index contributed by atoms with van der Waals surface area (Å²) < 4.78 is 95.9. The van der Waals surface area contributed by atoms with Crippen molar-refractivity contribution in [2.45, 2.75) is 23.8 Å². The Morgan fingerprint density at radius 1 is 0.875 bits per heavy atom. The van der Waals surface area contributed by atoms with Crippen molar-refractivity contribution >= 4 is 5.97 Å². The molecule has 0 bridgehead atoms. The molecule has 0 aliphatic rings. The molecule has 0 heterocycles. The monoisotopic (exact) mass is 261 g/mol. The van der Waals surface area contributed by atoms with Gasteiger partial charge in [-0.15, -0.1) is 0 Å². The highest BCUT2D eigenvalue weighted by Crippen LogP contribution is 2.50. The van der Waals surface area contributed by atoms with E-state index in [9.17, 15) is 39.9 Å². The molecule has 1 atom stereocenters. The summed E-state index contributed by atoms with van der Waals surface area (Å²) in [5.74, 6) is -22.5. The van der Waals surface area contributed by atoms with Crippen molar-refractivity contribution in [2.75, 3.05) is 0 Å². The van der Waals surface area contributed by atoms with Crippen LogP contribution >= 0.6 is 0 Å². The van der Waals surface area contributed by atoms with Crippen molar-refractivity contribution in [3.63, 3.8) is 0 Å². The van der Waals surface area contributed by atoms with Gasteiger partial charge in [0.25, 0.3) is 0 Å². The van der Waals surface area contributed by atoms with Gasteiger partial charge in [-0.25, -0.2) is 9.18 Å². The fraction of sp³-hybridized carbons (Fsp3) is 0.800. The van der Waals surface area contributed by atoms with Crippen LogP contribution < -0.4 is 5.73 Å². The van der Waals surface area contributed by atoms with Crippen LogP contribution in [-0.2, 0) is 4.79 Å². The predicted molar refractivity (Wildman–Crippen MR) is 31.6 cm³/mol. The fourth-order valence-corrected chi connectivity index (χ4v) is 0.541. The molecular formula is C5H3F8NO2. The summed E-state index contributed by atoms with van der Waals surface area (Å²) >= 11 is 0. The number of aliphatic carboxylic acids is 1. The van der Waals surface area contributed by atoms with E-state index in [2.05, 4.69) is 5.73 Å². The summed E-state index contributed by atoms with van der Waals surface area (Å²) in [5.41, 5.74) is 3.62. The molecular weight excluding hydrogens is 258 g/mol. The third-order valence-corrected chi connectivity index (χ3v) is 1.52. The predicted octanol–water partition coefficient (Wildman–Crippen LogP) is 1.53. The first-order valence-corrected chi connectivity index (χ1v) is 3.23. The van der Waals surface area contributed by atoms with Crippen molar-refractivity contribution in [1.82, 2.24) is 0 Å². The number of nitrogens with two attached hydrogens (primary N) is 1. The molecule has 3 nitrogen and oxygen atoms in total. The number of carboxylic acid groups (broad SMARTS) is 1. The molecule has 0 rings (SSSR count). The van der Waals surface area contributed by atoms with Gasteiger partial charge in [-0.1, -0.05) is 0 Å². The van der Waals surface area contributed by atoms with E-state index in [-0.39, 0.29) is 0 Å². The van der Waals surface area contributed by atoms with Crippen LogP contribution in [0.2, 0.25) is 0 Å². The van der Waals surface area contributed by atoms with E-state index in [4.69, 9.17) is 5.11 Å². The van der Waals surface area contributed by atoms with E-state index in [1.807, 2.05) is 0 Å². The van der Waals surface area contributed by atoms with Gasteiger partial charge in [0.1, 0.15) is 0 Å². The Labute approximate surface area is 81.8 Å². The standard InChI is InChI=1S/C5H3F8NO2/c6-2(14,1(15)16)3(7,8)4(9,10)5(11,12)13/h14H2,(H,15,16)/t2-/m1/s1. The van der Waals surface area contributed by atoms with Gasteiger partial charge in [0, 0.05) is 0 Å². The number of hydrogen-bond acceptors (Lipinski definition) is 2. The molecule has 0 amide bonds. The van der Waals surface area contributed by atoms with E-state index in [0.29, 0.717) is 0 Å². The number of rotatable bonds is 3. The second-order valence-corrected chi connectivity index (χ2v) is 2.66. The lowest BCUT2D eigenvalue weighted by Gasteiger charge is -2.33. The van der Waals surface area contributed by atoms with Gasteiger partial charge in [0.15, 0.2) is 0 Å². The molecule has 96 valence electrons. The Hall–Kier alpha value is -1.13. The smallest absolute Gasteiger partial charge is 0.460 e. The van der Waals surface area contributed by atoms with Crippen molar-refractivity contribution in [1.29, 1.82) is 0 Å². The largest absolute Gasteiger partial charge is 0.478 e. The molecule has 0 saturated heterocycles. The molecule has 0 fully saturated rings. The molecule has 0 spiro atoms. The average Bonchev–Trinajstić information content (AvgIpc) is 2.00. The van der Waals surface area contributed by atoms with Gasteiger partial charge in [-0.05, 0) is 0 Å². The average molecular weight is 261 g/mol. The molecule has 0 unspecified atom stereocenters. The number of carboxylic acids is 1. The van der Waals surface area contributed by atoms with Gasteiger partial charge in [0.2, 0.25) is 0 Å². The lowest BCUT2D eigenvalue weighted by Crippen LogP contribution is -2.69. The molecule has 0 radical (unpaired) electrons. The fourth-order valence-electron chi connectivity index (χ4n) is 0.541. The Kier molecular flexibility index (Phi) is 3.19. The second-order valence-electron chi connectivity index (χ2n) is 2.66. The maximum Gasteiger partial charge on any atom is 0.460 e. The zero-order valence-electron chi connectivity index (χ0n) is 6.96. The Morgan fingerprint density at radius 2 is 1.19 bits per heavy atom. The van der Waals surface area contributed by atoms with Gasteiger partial charge < -0.3 is 5.11 Å². The minimum Gasteiger partial charge on any atom is -0.478 e. The SMILES string of the molecule is N[C@](F)(C(=O)O)C(F)(F)C(F)(F)C(F)(F)F. The highest BCUT2D eigenvalue weighted by atomic mass is 19.4. The summed E-state index contributed by atoms with van der Waals surface area (Å²) in [6.07, 6.45) is -6.84. The molecule has 3 N–H and O–H groups in total. The maximum atomic E-state index is 12.5. The summed E-state index contributed by atoms with van der Waals surface area (Å²) in [5, 5.41) is 7.73. The van der Waals surface area contributed by atoms with Crippen LogP contribution in [0, 0.1) is 0 Å². The van der Waals surface area contributed by atoms with Crippen molar-refractivity contribution < 1.29 is 45.0 Å². The first-order valence-electron chi connectivity index (χ1n) is 3.23. The molecule has 0 aliphatic heterocycles. The van der Waals surface area contributed by atoms with Crippen molar-refractivity contribution in [3.8, 4) is 0 Å². The van der Waals surface area contributed by atoms with Gasteiger partial charge in [-0.2, -0.15) is 30.7 Å². The molecule has 16 heavy (non-hydrogen) atoms. The van der Waals surface area contributed by atoms with Crippen LogP contribution in [0.3, 0.4) is 0 Å². The van der Waals surface area contributed by atoms with Gasteiger partial charge in [0.05, 0.1) is 0 Å². The Morgan fingerprint density at radius 3 is 1.38 bits per heavy atom. The molecule has 11 heteroatoms. The molecule has 0 aromatic heterocycles. The highest BCUT2D eigenvalue weighted by Gasteiger charge is 2.82. The number of halogens is 8. The van der Waals surface area contributed by atoms with Crippen LogP contribution in [0.15, 0.2) is 0 Å². The summed E-state index contributed by atoms with van der Waals surface area (Å²) in [4.78, 5) is 9.76. The number of carbonyl (C=O) groups is 1. The van der Waals surface area contributed by atoms with Crippen LogP contribution in [0.25, 0.3) is 0 Å². The lowest BCUT2D eigenvalue weighted by molar-refractivity contribution is -0.375. The van der Waals surface area contributed by atoms with E-state index < -0.39 is 29.8 Å². The van der Waals surface area contributed by atoms with Crippen LogP contribution in [-0.4, -0.2) is 34.9 Å². The summed E-state index contributed by atoms with van der Waals surface area (Å²) in [7, 11) is 0. The van der Waals surface area contributed by atoms with Crippen molar-refractivity contribution in [2.24, 2.45) is 5.73 Å². The third-order valence-electron chi connectivity index (χ3n) is 1.52. The third kappa shape index (κ3) is 1.79. The topological polar surface area (TPSA) is 63.3 Å². The Balaban J connectivity index is 5.62. The zero-order chi connectivity index (χ0) is 13.6. The van der Waals surface area contributed by atoms with Crippen LogP contribution in [0.4, 0.5) is 35.1 Å². The zero-order valence-corrected chi connectivity index (χ0v) is 6.96. The van der Waals surface area contributed by atoms with Crippen molar-refractivity contribution in [3.05, 3.63) is 0 Å². The van der Waals surface area contributed by atoms with E-state index >= 15 is 0 Å². The van der Waals surface area contributed by atoms with E-state index in [1.165, 1.54) is 0 Å². The lowest BCUT2D eigenvalue weighted by atomic mass is 10.0. The molecule has 0 saturated carbocycles. The molecule has 0 aromatic rings. The quantitative estimate of drug-likeness (QED) is 0.598. The van der Waals surface area contributed by atoms with Crippen LogP contribution in [0.1, 0.15) is 0 Å². The second kappa shape index (κ2) is 3.43. The van der Waals surface area contributed by atoms with E-state index in [0.717, 1.165) is 0 Å². The minimum absolute atomic E-state index is 3.35. The van der Waals surface area contributed by atoms with E-state index in [1.54, 1.807) is 0 Å². The van der Waals surface area contributed by atoms with Crippen LogP contribution in [0.5, 0.6) is 0 Å². The van der Waals surface area contributed by atoms with Gasteiger partial charge >= 0.3 is 29.8 Å². The number of hydrogen-bond donors (Lipinski definition) is 2. The first kappa shape index (κ1) is 14.9. The Bertz CT molecular complexity index is 295. The molecule has 0 aliphatic carbocycles. The summed E-state index contributed by atoms with van der Waals surface area (Å²) in [6, 6.07) is 0. The highest BCUT2D eigenvalue weighted by molar-refractivity contribution is 5.78. The molecule has 0 aromatic carbocycles. The number of alkyl halides is 8. The minimum atomic E-state index is -6.91. The summed E-state index contributed by atoms with van der Waals surface area (Å²) in [6.45, 7) is 0. The first-order chi connectivity index (χ1) is 6.69.